The van der Waals surface area contributed by atoms with Gasteiger partial charge in [0.05, 0.1) is 0 Å². The Bertz CT molecular complexity index is 370. The molecule has 0 spiro atoms. The molecule has 2 atom stereocenters. The van der Waals surface area contributed by atoms with Crippen LogP contribution in [0.5, 0.6) is 0 Å². The van der Waals surface area contributed by atoms with Crippen molar-refractivity contribution < 1.29 is 14.3 Å². The molecule has 0 fully saturated rings. The molecule has 2 N–H and O–H groups in total. The molecule has 1 rings (SSSR count). The highest BCUT2D eigenvalue weighted by Gasteiger charge is 2.23. The molecule has 16 heavy (non-hydrogen) atoms. The molecular formula is C11H14ClNO3. The second kappa shape index (κ2) is 5.72. The Morgan fingerprint density at radius 2 is 2.06 bits per heavy atom. The lowest BCUT2D eigenvalue weighted by Gasteiger charge is -2.23. The number of carbonyl (C=O) groups is 1. The van der Waals surface area contributed by atoms with Gasteiger partial charge in [-0.1, -0.05) is 29.8 Å². The Kier molecular flexibility index (Phi) is 4.58. The van der Waals surface area contributed by atoms with Crippen LogP contribution in [0.25, 0.3) is 0 Å². The first-order valence-corrected chi connectivity index (χ1v) is 5.17. The monoisotopic (exact) mass is 243 g/mol. The summed E-state index contributed by atoms with van der Waals surface area (Å²) in [7, 11) is 1.52. The summed E-state index contributed by atoms with van der Waals surface area (Å²) in [6.07, 6.45) is -1.76. The maximum Gasteiger partial charge on any atom is 0.404 e. The van der Waals surface area contributed by atoms with Crippen molar-refractivity contribution in [1.29, 1.82) is 0 Å². The second-order valence-electron chi connectivity index (χ2n) is 3.32. The number of benzene rings is 1. The summed E-state index contributed by atoms with van der Waals surface area (Å²) in [6, 6.07) is 7.22. The van der Waals surface area contributed by atoms with E-state index >= 15 is 0 Å². The van der Waals surface area contributed by atoms with Crippen molar-refractivity contribution in [2.24, 2.45) is 5.73 Å². The van der Waals surface area contributed by atoms with Gasteiger partial charge >= 0.3 is 6.09 Å². The molecule has 0 heterocycles. The minimum atomic E-state index is -0.832. The molecule has 5 heteroatoms. The van der Waals surface area contributed by atoms with Crippen molar-refractivity contribution in [3.05, 3.63) is 34.9 Å². The number of halogens is 1. The molecule has 1 amide bonds. The van der Waals surface area contributed by atoms with Gasteiger partial charge in [-0.3, -0.25) is 0 Å². The number of hydrogen-bond acceptors (Lipinski definition) is 3. The molecule has 0 aliphatic heterocycles. The first-order chi connectivity index (χ1) is 7.56. The summed E-state index contributed by atoms with van der Waals surface area (Å²) in [5.41, 5.74) is 5.72. The maximum absolute atomic E-state index is 10.7. The molecule has 0 aromatic heterocycles. The van der Waals surface area contributed by atoms with Crippen molar-refractivity contribution in [2.75, 3.05) is 7.11 Å². The van der Waals surface area contributed by atoms with Gasteiger partial charge in [-0.05, 0) is 13.0 Å². The van der Waals surface area contributed by atoms with Crippen molar-refractivity contribution >= 4 is 17.7 Å². The number of primary amides is 1. The molecule has 88 valence electrons. The number of hydrogen-bond donors (Lipinski definition) is 1. The van der Waals surface area contributed by atoms with Gasteiger partial charge in [-0.15, -0.1) is 0 Å². The van der Waals surface area contributed by atoms with E-state index in [1.54, 1.807) is 13.0 Å². The molecular weight excluding hydrogens is 230 g/mol. The van der Waals surface area contributed by atoms with Gasteiger partial charge in [0, 0.05) is 17.7 Å². The van der Waals surface area contributed by atoms with E-state index in [2.05, 4.69) is 0 Å². The van der Waals surface area contributed by atoms with Crippen LogP contribution in [0.4, 0.5) is 4.79 Å². The Labute approximate surface area is 99.3 Å². The van der Waals surface area contributed by atoms with E-state index in [0.717, 1.165) is 5.56 Å². The summed E-state index contributed by atoms with van der Waals surface area (Å²) < 4.78 is 10.1. The number of rotatable bonds is 4. The molecule has 0 saturated carbocycles. The van der Waals surface area contributed by atoms with Gasteiger partial charge in [0.1, 0.15) is 12.2 Å². The highest BCUT2D eigenvalue weighted by Crippen LogP contribution is 2.28. The van der Waals surface area contributed by atoms with Gasteiger partial charge in [-0.2, -0.15) is 0 Å². The standard InChI is InChI=1S/C11H14ClNO3/c1-7(16-11(13)14)10(15-2)8-5-3-4-6-9(8)12/h3-7,10H,1-2H3,(H2,13,14)/t7-,10-/m1/s1. The van der Waals surface area contributed by atoms with E-state index in [-0.39, 0.29) is 0 Å². The van der Waals surface area contributed by atoms with Crippen molar-refractivity contribution in [3.63, 3.8) is 0 Å². The van der Waals surface area contributed by atoms with Crippen LogP contribution >= 0.6 is 11.6 Å². The third-order valence-electron chi connectivity index (χ3n) is 2.19. The fourth-order valence-electron chi connectivity index (χ4n) is 1.52. The summed E-state index contributed by atoms with van der Waals surface area (Å²) in [5.74, 6) is 0. The number of methoxy groups -OCH3 is 1. The molecule has 1 aromatic carbocycles. The van der Waals surface area contributed by atoms with E-state index in [9.17, 15) is 4.79 Å². The van der Waals surface area contributed by atoms with E-state index in [1.165, 1.54) is 7.11 Å². The second-order valence-corrected chi connectivity index (χ2v) is 3.73. The van der Waals surface area contributed by atoms with Crippen molar-refractivity contribution in [2.45, 2.75) is 19.1 Å². The summed E-state index contributed by atoms with van der Waals surface area (Å²) in [4.78, 5) is 10.7. The zero-order valence-corrected chi connectivity index (χ0v) is 9.90. The minimum Gasteiger partial charge on any atom is -0.444 e. The first-order valence-electron chi connectivity index (χ1n) is 4.79. The molecule has 0 unspecified atom stereocenters. The van der Waals surface area contributed by atoms with Gasteiger partial charge in [0.15, 0.2) is 0 Å². The Balaban J connectivity index is 2.90. The van der Waals surface area contributed by atoms with Crippen LogP contribution in [0.2, 0.25) is 5.02 Å². The van der Waals surface area contributed by atoms with Crippen LogP contribution in [0, 0.1) is 0 Å². The zero-order chi connectivity index (χ0) is 12.1. The normalized spacial score (nSPS) is 14.2. The number of carbonyl (C=O) groups excluding carboxylic acids is 1. The molecule has 1 aromatic rings. The van der Waals surface area contributed by atoms with E-state index < -0.39 is 18.3 Å². The maximum atomic E-state index is 10.7. The predicted octanol–water partition coefficient (Wildman–Crippen LogP) is 2.51. The smallest absolute Gasteiger partial charge is 0.404 e. The summed E-state index contributed by atoms with van der Waals surface area (Å²) >= 11 is 6.03. The van der Waals surface area contributed by atoms with Crippen LogP contribution in [-0.4, -0.2) is 19.3 Å². The first kappa shape index (κ1) is 12.8. The van der Waals surface area contributed by atoms with Crippen LogP contribution in [0.15, 0.2) is 24.3 Å². The van der Waals surface area contributed by atoms with Crippen LogP contribution < -0.4 is 5.73 Å². The Hall–Kier alpha value is -1.26. The fourth-order valence-corrected chi connectivity index (χ4v) is 1.77. The van der Waals surface area contributed by atoms with Gasteiger partial charge in [0.2, 0.25) is 0 Å². The minimum absolute atomic E-state index is 0.429. The number of nitrogens with two attached hydrogens (primary N) is 1. The Morgan fingerprint density at radius 1 is 1.44 bits per heavy atom. The van der Waals surface area contributed by atoms with Gasteiger partial charge in [0.25, 0.3) is 0 Å². The van der Waals surface area contributed by atoms with Crippen LogP contribution in [-0.2, 0) is 9.47 Å². The zero-order valence-electron chi connectivity index (χ0n) is 9.14. The molecule has 0 aliphatic carbocycles. The lowest BCUT2D eigenvalue weighted by Crippen LogP contribution is -2.27. The van der Waals surface area contributed by atoms with Crippen molar-refractivity contribution in [3.8, 4) is 0 Å². The molecule has 4 nitrogen and oxygen atoms in total. The Morgan fingerprint density at radius 3 is 2.56 bits per heavy atom. The van der Waals surface area contributed by atoms with Crippen molar-refractivity contribution in [1.82, 2.24) is 0 Å². The molecule has 0 aliphatic rings. The van der Waals surface area contributed by atoms with Crippen LogP contribution in [0.1, 0.15) is 18.6 Å². The molecule has 0 saturated heterocycles. The lowest BCUT2D eigenvalue weighted by atomic mass is 10.1. The number of ether oxygens (including phenoxy) is 2. The quantitative estimate of drug-likeness (QED) is 0.884. The van der Waals surface area contributed by atoms with E-state index in [0.29, 0.717) is 5.02 Å². The highest BCUT2D eigenvalue weighted by atomic mass is 35.5. The average molecular weight is 244 g/mol. The van der Waals surface area contributed by atoms with Gasteiger partial charge in [-0.25, -0.2) is 4.79 Å². The third-order valence-corrected chi connectivity index (χ3v) is 2.54. The lowest BCUT2D eigenvalue weighted by molar-refractivity contribution is -0.0120. The molecule has 0 bridgehead atoms. The van der Waals surface area contributed by atoms with Gasteiger partial charge < -0.3 is 15.2 Å². The third kappa shape index (κ3) is 3.12. The average Bonchev–Trinajstić information content (AvgIpc) is 2.20. The summed E-state index contributed by atoms with van der Waals surface area (Å²) in [6.45, 7) is 1.70. The number of amides is 1. The largest absolute Gasteiger partial charge is 0.444 e. The highest BCUT2D eigenvalue weighted by molar-refractivity contribution is 6.31. The topological polar surface area (TPSA) is 61.6 Å². The summed E-state index contributed by atoms with van der Waals surface area (Å²) in [5, 5.41) is 0.564. The SMILES string of the molecule is CO[C@@H](c1ccccc1Cl)[C@@H](C)OC(N)=O. The fraction of sp³-hybridized carbons (Fsp3) is 0.364. The van der Waals surface area contributed by atoms with E-state index in [1.807, 2.05) is 18.2 Å². The predicted molar refractivity (Wildman–Crippen MR) is 61.3 cm³/mol. The molecule has 0 radical (unpaired) electrons. The van der Waals surface area contributed by atoms with Crippen LogP contribution in [0.3, 0.4) is 0 Å². The van der Waals surface area contributed by atoms with E-state index in [4.69, 9.17) is 26.8 Å².